The van der Waals surface area contributed by atoms with E-state index < -0.39 is 0 Å². The second-order valence-electron chi connectivity index (χ2n) is 8.01. The Morgan fingerprint density at radius 3 is 2.92 bits per heavy atom. The fourth-order valence-electron chi connectivity index (χ4n) is 4.49. The van der Waals surface area contributed by atoms with E-state index in [2.05, 4.69) is 24.1 Å². The molecule has 3 atom stereocenters. The Morgan fingerprint density at radius 1 is 1.27 bits per heavy atom. The number of fused-ring (bicyclic) bond motifs is 3. The minimum Gasteiger partial charge on any atom is -0.352 e. The van der Waals surface area contributed by atoms with Crippen molar-refractivity contribution in [1.29, 1.82) is 0 Å². The van der Waals surface area contributed by atoms with Gasteiger partial charge in [0.2, 0.25) is 5.91 Å². The molecular formula is C20H27N3O2S. The Bertz CT molecular complexity index is 885. The molecule has 1 fully saturated rings. The molecule has 1 saturated carbocycles. The van der Waals surface area contributed by atoms with Gasteiger partial charge in [0.05, 0.1) is 11.7 Å². The highest BCUT2D eigenvalue weighted by Gasteiger charge is 2.28. The van der Waals surface area contributed by atoms with Gasteiger partial charge in [-0.3, -0.25) is 14.2 Å². The number of carbonyl (C=O) groups is 1. The lowest BCUT2D eigenvalue weighted by molar-refractivity contribution is -0.123. The Balaban J connectivity index is 1.54. The van der Waals surface area contributed by atoms with E-state index in [1.165, 1.54) is 27.8 Å². The van der Waals surface area contributed by atoms with Gasteiger partial charge in [-0.25, -0.2) is 4.98 Å². The van der Waals surface area contributed by atoms with E-state index in [9.17, 15) is 9.59 Å². The third-order valence-corrected chi connectivity index (χ3v) is 7.51. The van der Waals surface area contributed by atoms with Crippen LogP contribution in [-0.2, 0) is 24.2 Å². The van der Waals surface area contributed by atoms with Gasteiger partial charge in [0.15, 0.2) is 0 Å². The Morgan fingerprint density at radius 2 is 2.08 bits per heavy atom. The minimum absolute atomic E-state index is 0.0595. The fourth-order valence-corrected chi connectivity index (χ4v) is 5.71. The van der Waals surface area contributed by atoms with E-state index in [1.807, 2.05) is 0 Å². The van der Waals surface area contributed by atoms with Crippen molar-refractivity contribution in [3.63, 3.8) is 0 Å². The van der Waals surface area contributed by atoms with Crippen molar-refractivity contribution in [2.24, 2.45) is 11.8 Å². The normalized spacial score (nSPS) is 25.8. The van der Waals surface area contributed by atoms with Gasteiger partial charge in [-0.05, 0) is 49.5 Å². The van der Waals surface area contributed by atoms with Crippen LogP contribution in [0.15, 0.2) is 11.1 Å². The van der Waals surface area contributed by atoms with Gasteiger partial charge in [0.1, 0.15) is 11.4 Å². The van der Waals surface area contributed by atoms with E-state index in [1.54, 1.807) is 17.7 Å². The molecule has 0 radical (unpaired) electrons. The van der Waals surface area contributed by atoms with Crippen molar-refractivity contribution in [2.45, 2.75) is 71.4 Å². The van der Waals surface area contributed by atoms with E-state index in [-0.39, 0.29) is 24.1 Å². The molecule has 0 spiro atoms. The monoisotopic (exact) mass is 373 g/mol. The maximum atomic E-state index is 13.0. The van der Waals surface area contributed by atoms with Crippen LogP contribution in [0.4, 0.5) is 0 Å². The largest absolute Gasteiger partial charge is 0.352 e. The first kappa shape index (κ1) is 17.7. The fraction of sp³-hybridized carbons (Fsp3) is 0.650. The van der Waals surface area contributed by atoms with Gasteiger partial charge in [0, 0.05) is 10.9 Å². The summed E-state index contributed by atoms with van der Waals surface area (Å²) >= 11 is 1.65. The molecule has 0 aliphatic heterocycles. The van der Waals surface area contributed by atoms with Crippen LogP contribution in [0.1, 0.15) is 56.4 Å². The van der Waals surface area contributed by atoms with E-state index in [0.717, 1.165) is 42.3 Å². The topological polar surface area (TPSA) is 64.0 Å². The summed E-state index contributed by atoms with van der Waals surface area (Å²) in [5, 5.41) is 3.90. The van der Waals surface area contributed by atoms with Crippen molar-refractivity contribution in [3.8, 4) is 0 Å². The zero-order valence-corrected chi connectivity index (χ0v) is 16.4. The Kier molecular flexibility index (Phi) is 4.86. The molecule has 6 heteroatoms. The number of hydrogen-bond donors (Lipinski definition) is 1. The zero-order valence-electron chi connectivity index (χ0n) is 15.6. The van der Waals surface area contributed by atoms with Crippen molar-refractivity contribution in [2.75, 3.05) is 0 Å². The number of nitrogens with zero attached hydrogens (tertiary/aromatic N) is 2. The van der Waals surface area contributed by atoms with E-state index >= 15 is 0 Å². The average Bonchev–Trinajstić information content (AvgIpc) is 3.01. The average molecular weight is 374 g/mol. The summed E-state index contributed by atoms with van der Waals surface area (Å²) in [4.78, 5) is 32.1. The molecule has 1 amide bonds. The number of nitrogens with one attached hydrogen (secondary N) is 1. The van der Waals surface area contributed by atoms with Gasteiger partial charge >= 0.3 is 0 Å². The molecule has 4 rings (SSSR count). The molecule has 1 N–H and O–H groups in total. The van der Waals surface area contributed by atoms with Gasteiger partial charge < -0.3 is 5.32 Å². The number of rotatable bonds is 3. The van der Waals surface area contributed by atoms with Crippen LogP contribution in [0, 0.1) is 11.8 Å². The minimum atomic E-state index is -0.0803. The quantitative estimate of drug-likeness (QED) is 0.898. The molecule has 5 nitrogen and oxygen atoms in total. The highest BCUT2D eigenvalue weighted by Crippen LogP contribution is 2.33. The Labute approximate surface area is 157 Å². The number of hydrogen-bond acceptors (Lipinski definition) is 4. The predicted octanol–water partition coefficient (Wildman–Crippen LogP) is 3.28. The van der Waals surface area contributed by atoms with Gasteiger partial charge in [-0.2, -0.15) is 0 Å². The van der Waals surface area contributed by atoms with E-state index in [4.69, 9.17) is 0 Å². The van der Waals surface area contributed by atoms with Gasteiger partial charge in [0.25, 0.3) is 5.56 Å². The highest BCUT2D eigenvalue weighted by atomic mass is 32.1. The first-order valence-electron chi connectivity index (χ1n) is 9.83. The predicted molar refractivity (Wildman–Crippen MR) is 105 cm³/mol. The molecule has 26 heavy (non-hydrogen) atoms. The molecule has 0 aromatic carbocycles. The van der Waals surface area contributed by atoms with Crippen LogP contribution in [0.5, 0.6) is 0 Å². The first-order chi connectivity index (χ1) is 12.5. The van der Waals surface area contributed by atoms with Crippen LogP contribution in [0.3, 0.4) is 0 Å². The first-order valence-corrected chi connectivity index (χ1v) is 10.7. The molecule has 2 aliphatic rings. The summed E-state index contributed by atoms with van der Waals surface area (Å²) in [5.74, 6) is 1.03. The van der Waals surface area contributed by atoms with E-state index in [0.29, 0.717) is 11.8 Å². The van der Waals surface area contributed by atoms with Crippen molar-refractivity contribution < 1.29 is 4.79 Å². The molecule has 2 heterocycles. The number of carbonyl (C=O) groups excluding carboxylic acids is 1. The lowest BCUT2D eigenvalue weighted by Gasteiger charge is -2.34. The third kappa shape index (κ3) is 3.20. The summed E-state index contributed by atoms with van der Waals surface area (Å²) in [7, 11) is 0. The number of aromatic nitrogens is 2. The van der Waals surface area contributed by atoms with Crippen molar-refractivity contribution >= 4 is 27.5 Å². The van der Waals surface area contributed by atoms with Gasteiger partial charge in [-0.15, -0.1) is 11.3 Å². The molecule has 2 aromatic heterocycles. The summed E-state index contributed by atoms with van der Waals surface area (Å²) in [6, 6.07) is 0.215. The second kappa shape index (κ2) is 7.14. The summed E-state index contributed by atoms with van der Waals surface area (Å²) in [5.41, 5.74) is 1.12. The highest BCUT2D eigenvalue weighted by molar-refractivity contribution is 7.18. The summed E-state index contributed by atoms with van der Waals surface area (Å²) < 4.78 is 1.48. The lowest BCUT2D eigenvalue weighted by atomic mass is 9.78. The number of amides is 1. The molecule has 3 unspecified atom stereocenters. The van der Waals surface area contributed by atoms with Crippen molar-refractivity contribution in [3.05, 3.63) is 27.1 Å². The summed E-state index contributed by atoms with van der Waals surface area (Å²) in [6.07, 6.45) is 9.29. The van der Waals surface area contributed by atoms with Gasteiger partial charge in [-0.1, -0.05) is 26.7 Å². The number of aryl methyl sites for hydroxylation is 2. The van der Waals surface area contributed by atoms with Crippen LogP contribution in [0.25, 0.3) is 10.2 Å². The zero-order chi connectivity index (χ0) is 18.3. The lowest BCUT2D eigenvalue weighted by Crippen LogP contribution is -2.45. The molecule has 2 aliphatic carbocycles. The molecule has 140 valence electrons. The number of thiophene rings is 1. The second-order valence-corrected chi connectivity index (χ2v) is 9.09. The van der Waals surface area contributed by atoms with Crippen molar-refractivity contribution in [1.82, 2.24) is 14.9 Å². The molecule has 0 bridgehead atoms. The summed E-state index contributed by atoms with van der Waals surface area (Å²) in [6.45, 7) is 4.53. The Hall–Kier alpha value is -1.69. The van der Waals surface area contributed by atoms with Crippen LogP contribution >= 0.6 is 11.3 Å². The smallest absolute Gasteiger partial charge is 0.262 e. The maximum Gasteiger partial charge on any atom is 0.262 e. The molecule has 0 saturated heterocycles. The molecular weight excluding hydrogens is 346 g/mol. The third-order valence-electron chi connectivity index (χ3n) is 6.31. The van der Waals surface area contributed by atoms with Crippen LogP contribution in [-0.4, -0.2) is 21.5 Å². The van der Waals surface area contributed by atoms with Crippen LogP contribution < -0.4 is 10.9 Å². The SMILES string of the molecule is CC1CCCC(NC(=O)Cn2cnc3sc4c(c3c2=O)CCCC4)C1C. The maximum absolute atomic E-state index is 13.0. The standard InChI is InChI=1S/C20H27N3O2S/c1-12-6-5-8-15(13(12)2)22-17(24)10-23-11-21-19-18(20(23)25)14-7-3-4-9-16(14)26-19/h11-13,15H,3-10H2,1-2H3,(H,22,24). The van der Waals surface area contributed by atoms with Crippen LogP contribution in [0.2, 0.25) is 0 Å². The molecule has 2 aromatic rings.